The molecule has 0 saturated carbocycles. The van der Waals surface area contributed by atoms with Gasteiger partial charge in [0.1, 0.15) is 11.6 Å². The molecule has 19 heavy (non-hydrogen) atoms. The number of aryl methyl sites for hydroxylation is 2. The highest BCUT2D eigenvalue weighted by Gasteiger charge is 2.13. The van der Waals surface area contributed by atoms with Crippen molar-refractivity contribution in [1.82, 2.24) is 9.97 Å². The third-order valence-corrected chi connectivity index (χ3v) is 2.40. The van der Waals surface area contributed by atoms with Crippen molar-refractivity contribution >= 4 is 11.9 Å². The number of aromatic nitrogens is 2. The van der Waals surface area contributed by atoms with E-state index in [0.717, 1.165) is 6.07 Å². The van der Waals surface area contributed by atoms with Gasteiger partial charge in [-0.25, -0.2) is 14.4 Å². The van der Waals surface area contributed by atoms with Gasteiger partial charge in [0, 0.05) is 17.5 Å². The number of rotatable bonds is 2. The first-order chi connectivity index (χ1) is 8.95. The fourth-order valence-corrected chi connectivity index (χ4v) is 1.64. The van der Waals surface area contributed by atoms with E-state index in [2.05, 4.69) is 15.3 Å². The number of carbonyl (C=O) groups excluding carboxylic acids is 1. The molecule has 2 rings (SSSR count). The molecular formula is C13H12FN3O2. The largest absolute Gasteiger partial charge is 0.508 e. The lowest BCUT2D eigenvalue weighted by Crippen LogP contribution is -2.16. The number of benzene rings is 1. The Morgan fingerprint density at radius 2 is 1.84 bits per heavy atom. The van der Waals surface area contributed by atoms with Gasteiger partial charge >= 0.3 is 0 Å². The number of hydrogen-bond donors (Lipinski definition) is 2. The molecule has 1 aromatic carbocycles. The number of phenolic OH excluding ortho intramolecular Hbond substituents is 1. The summed E-state index contributed by atoms with van der Waals surface area (Å²) < 4.78 is 13.5. The SMILES string of the molecule is Cc1cc(C)nc(NC(=O)c2ccc(O)cc2F)n1. The Morgan fingerprint density at radius 3 is 2.42 bits per heavy atom. The molecule has 0 saturated heterocycles. The van der Waals surface area contributed by atoms with Crippen LogP contribution in [0.15, 0.2) is 24.3 Å². The molecule has 0 aliphatic heterocycles. The van der Waals surface area contributed by atoms with Gasteiger partial charge in [0.2, 0.25) is 5.95 Å². The molecule has 98 valence electrons. The van der Waals surface area contributed by atoms with Crippen molar-refractivity contribution < 1.29 is 14.3 Å². The molecule has 0 aliphatic carbocycles. The first-order valence-electron chi connectivity index (χ1n) is 5.58. The number of nitrogens with one attached hydrogen (secondary N) is 1. The van der Waals surface area contributed by atoms with Crippen molar-refractivity contribution in [2.45, 2.75) is 13.8 Å². The molecule has 0 unspecified atom stereocenters. The van der Waals surface area contributed by atoms with Crippen LogP contribution in [0.3, 0.4) is 0 Å². The van der Waals surface area contributed by atoms with Gasteiger partial charge in [0.15, 0.2) is 0 Å². The van der Waals surface area contributed by atoms with Crippen molar-refractivity contribution in [3.63, 3.8) is 0 Å². The topological polar surface area (TPSA) is 75.1 Å². The molecule has 0 fully saturated rings. The summed E-state index contributed by atoms with van der Waals surface area (Å²) >= 11 is 0. The van der Waals surface area contributed by atoms with Crippen LogP contribution in [0.1, 0.15) is 21.7 Å². The second kappa shape index (κ2) is 5.01. The van der Waals surface area contributed by atoms with Gasteiger partial charge in [-0.1, -0.05) is 0 Å². The van der Waals surface area contributed by atoms with E-state index < -0.39 is 11.7 Å². The molecule has 2 aromatic rings. The van der Waals surface area contributed by atoms with E-state index in [0.29, 0.717) is 11.4 Å². The highest BCUT2D eigenvalue weighted by molar-refractivity contribution is 6.03. The lowest BCUT2D eigenvalue weighted by Gasteiger charge is -2.06. The third kappa shape index (κ3) is 3.04. The Hall–Kier alpha value is -2.50. The standard InChI is InChI=1S/C13H12FN3O2/c1-7-5-8(2)16-13(15-7)17-12(19)10-4-3-9(18)6-11(10)14/h3-6,18H,1-2H3,(H,15,16,17,19). The lowest BCUT2D eigenvalue weighted by molar-refractivity contribution is 0.102. The summed E-state index contributed by atoms with van der Waals surface area (Å²) in [5, 5.41) is 11.5. The summed E-state index contributed by atoms with van der Waals surface area (Å²) in [7, 11) is 0. The minimum absolute atomic E-state index is 0.120. The van der Waals surface area contributed by atoms with Crippen LogP contribution in [0, 0.1) is 19.7 Å². The minimum Gasteiger partial charge on any atom is -0.508 e. The fourth-order valence-electron chi connectivity index (χ4n) is 1.64. The average Bonchev–Trinajstić information content (AvgIpc) is 2.26. The van der Waals surface area contributed by atoms with Crippen molar-refractivity contribution in [3.8, 4) is 5.75 Å². The number of amides is 1. The third-order valence-electron chi connectivity index (χ3n) is 2.40. The number of phenols is 1. The maximum Gasteiger partial charge on any atom is 0.260 e. The van der Waals surface area contributed by atoms with E-state index in [1.54, 1.807) is 19.9 Å². The maximum atomic E-state index is 13.5. The molecule has 1 amide bonds. The van der Waals surface area contributed by atoms with Crippen LogP contribution in [-0.2, 0) is 0 Å². The van der Waals surface area contributed by atoms with Gasteiger partial charge in [-0.15, -0.1) is 0 Å². The smallest absolute Gasteiger partial charge is 0.260 e. The molecular weight excluding hydrogens is 249 g/mol. The van der Waals surface area contributed by atoms with Gasteiger partial charge in [-0.2, -0.15) is 0 Å². The second-order valence-corrected chi connectivity index (χ2v) is 4.09. The fraction of sp³-hybridized carbons (Fsp3) is 0.154. The van der Waals surface area contributed by atoms with Crippen LogP contribution in [0.4, 0.5) is 10.3 Å². The van der Waals surface area contributed by atoms with E-state index >= 15 is 0 Å². The summed E-state index contributed by atoms with van der Waals surface area (Å²) in [6.45, 7) is 3.54. The Kier molecular flexibility index (Phi) is 3.41. The summed E-state index contributed by atoms with van der Waals surface area (Å²) in [5.41, 5.74) is 1.23. The minimum atomic E-state index is -0.804. The van der Waals surface area contributed by atoms with Crippen molar-refractivity contribution in [2.24, 2.45) is 0 Å². The molecule has 2 N–H and O–H groups in total. The first kappa shape index (κ1) is 12.9. The van der Waals surface area contributed by atoms with E-state index in [-0.39, 0.29) is 17.3 Å². The highest BCUT2D eigenvalue weighted by Crippen LogP contribution is 2.16. The molecule has 5 nitrogen and oxygen atoms in total. The zero-order valence-corrected chi connectivity index (χ0v) is 10.4. The molecule has 0 aliphatic rings. The number of halogens is 1. The Morgan fingerprint density at radius 1 is 1.21 bits per heavy atom. The number of carbonyl (C=O) groups is 1. The van der Waals surface area contributed by atoms with Gasteiger partial charge < -0.3 is 5.11 Å². The molecule has 1 heterocycles. The number of aromatic hydroxyl groups is 1. The van der Waals surface area contributed by atoms with E-state index in [1.165, 1.54) is 12.1 Å². The van der Waals surface area contributed by atoms with Crippen LogP contribution >= 0.6 is 0 Å². The predicted octanol–water partition coefficient (Wildman–Crippen LogP) is 2.19. The maximum absolute atomic E-state index is 13.5. The van der Waals surface area contributed by atoms with Crippen LogP contribution in [0.25, 0.3) is 0 Å². The van der Waals surface area contributed by atoms with Crippen LogP contribution < -0.4 is 5.32 Å². The Bertz CT molecular complexity index is 624. The van der Waals surface area contributed by atoms with Gasteiger partial charge in [-0.3, -0.25) is 10.1 Å². The van der Waals surface area contributed by atoms with Gasteiger partial charge in [-0.05, 0) is 32.0 Å². The molecule has 0 radical (unpaired) electrons. The van der Waals surface area contributed by atoms with Crippen LogP contribution in [-0.4, -0.2) is 21.0 Å². The molecule has 1 aromatic heterocycles. The second-order valence-electron chi connectivity index (χ2n) is 4.09. The zero-order chi connectivity index (χ0) is 14.0. The van der Waals surface area contributed by atoms with E-state index in [4.69, 9.17) is 5.11 Å². The monoisotopic (exact) mass is 261 g/mol. The van der Waals surface area contributed by atoms with Crippen molar-refractivity contribution in [2.75, 3.05) is 5.32 Å². The normalized spacial score (nSPS) is 10.3. The Labute approximate surface area is 109 Å². The van der Waals surface area contributed by atoms with Gasteiger partial charge in [0.05, 0.1) is 5.56 Å². The summed E-state index contributed by atoms with van der Waals surface area (Å²) in [5.74, 6) is -1.59. The predicted molar refractivity (Wildman–Crippen MR) is 67.5 cm³/mol. The molecule has 0 atom stereocenters. The zero-order valence-electron chi connectivity index (χ0n) is 10.4. The van der Waals surface area contributed by atoms with Crippen molar-refractivity contribution in [3.05, 3.63) is 47.0 Å². The van der Waals surface area contributed by atoms with Crippen LogP contribution in [0.5, 0.6) is 5.75 Å². The Balaban J connectivity index is 2.25. The van der Waals surface area contributed by atoms with Gasteiger partial charge in [0.25, 0.3) is 5.91 Å². The molecule has 0 bridgehead atoms. The average molecular weight is 261 g/mol. The quantitative estimate of drug-likeness (QED) is 0.868. The first-order valence-corrected chi connectivity index (χ1v) is 5.58. The number of nitrogens with zero attached hydrogens (tertiary/aromatic N) is 2. The lowest BCUT2D eigenvalue weighted by atomic mass is 10.2. The van der Waals surface area contributed by atoms with E-state index in [9.17, 15) is 9.18 Å². The van der Waals surface area contributed by atoms with Crippen molar-refractivity contribution in [1.29, 1.82) is 0 Å². The summed E-state index contributed by atoms with van der Waals surface area (Å²) in [6, 6.07) is 5.07. The highest BCUT2D eigenvalue weighted by atomic mass is 19.1. The molecule has 6 heteroatoms. The summed E-state index contributed by atoms with van der Waals surface area (Å²) in [6.07, 6.45) is 0. The summed E-state index contributed by atoms with van der Waals surface area (Å²) in [4.78, 5) is 19.9. The van der Waals surface area contributed by atoms with E-state index in [1.807, 2.05) is 0 Å². The van der Waals surface area contributed by atoms with Crippen LogP contribution in [0.2, 0.25) is 0 Å². The molecule has 0 spiro atoms. The number of anilines is 1. The number of hydrogen-bond acceptors (Lipinski definition) is 4.